The van der Waals surface area contributed by atoms with E-state index in [2.05, 4.69) is 0 Å². The Kier molecular flexibility index (Phi) is 2.90. The molecule has 0 aliphatic heterocycles. The molecule has 0 spiro atoms. The summed E-state index contributed by atoms with van der Waals surface area (Å²) in [5.41, 5.74) is 1.31. The molecular weight excluding hydrogens is 168 g/mol. The predicted octanol–water partition coefficient (Wildman–Crippen LogP) is 1.78. The summed E-state index contributed by atoms with van der Waals surface area (Å²) < 4.78 is 4.93. The molecule has 0 atom stereocenters. The number of phenols is 1. The number of benzene rings is 1. The van der Waals surface area contributed by atoms with Gasteiger partial charge in [-0.3, -0.25) is 4.79 Å². The SMILES string of the molecule is CCc1ccc(O)c(OC)c1C=O. The second-order valence-electron chi connectivity index (χ2n) is 2.66. The highest BCUT2D eigenvalue weighted by Gasteiger charge is 2.11. The van der Waals surface area contributed by atoms with Crippen molar-refractivity contribution < 1.29 is 14.6 Å². The monoisotopic (exact) mass is 180 g/mol. The average Bonchev–Trinajstić information content (AvgIpc) is 2.17. The Labute approximate surface area is 77.0 Å². The summed E-state index contributed by atoms with van der Waals surface area (Å²) in [5, 5.41) is 9.36. The lowest BCUT2D eigenvalue weighted by Crippen LogP contribution is -1.96. The third-order valence-corrected chi connectivity index (χ3v) is 1.97. The van der Waals surface area contributed by atoms with Crippen LogP contribution in [0, 0.1) is 0 Å². The minimum Gasteiger partial charge on any atom is -0.504 e. The number of carbonyl (C=O) groups is 1. The fourth-order valence-corrected chi connectivity index (χ4v) is 1.28. The van der Waals surface area contributed by atoms with Crippen LogP contribution in [0.2, 0.25) is 0 Å². The zero-order valence-corrected chi connectivity index (χ0v) is 7.70. The van der Waals surface area contributed by atoms with Gasteiger partial charge in [0.2, 0.25) is 0 Å². The van der Waals surface area contributed by atoms with Gasteiger partial charge in [0.05, 0.1) is 12.7 Å². The average molecular weight is 180 g/mol. The quantitative estimate of drug-likeness (QED) is 0.721. The molecule has 0 aromatic heterocycles. The van der Waals surface area contributed by atoms with Crippen molar-refractivity contribution in [1.82, 2.24) is 0 Å². The van der Waals surface area contributed by atoms with E-state index in [4.69, 9.17) is 4.74 Å². The Balaban J connectivity index is 3.36. The van der Waals surface area contributed by atoms with Gasteiger partial charge in [0, 0.05) is 0 Å². The molecule has 0 saturated carbocycles. The van der Waals surface area contributed by atoms with Gasteiger partial charge in [0.1, 0.15) is 0 Å². The first-order chi connectivity index (χ1) is 6.24. The maximum Gasteiger partial charge on any atom is 0.171 e. The lowest BCUT2D eigenvalue weighted by molar-refractivity contribution is 0.111. The Hall–Kier alpha value is -1.51. The van der Waals surface area contributed by atoms with Crippen LogP contribution in [0.15, 0.2) is 12.1 Å². The fourth-order valence-electron chi connectivity index (χ4n) is 1.28. The van der Waals surface area contributed by atoms with E-state index in [-0.39, 0.29) is 11.5 Å². The molecular formula is C10H12O3. The molecule has 1 N–H and O–H groups in total. The number of methoxy groups -OCH3 is 1. The van der Waals surface area contributed by atoms with Crippen LogP contribution in [0.1, 0.15) is 22.8 Å². The molecule has 1 rings (SSSR count). The van der Waals surface area contributed by atoms with Crippen molar-refractivity contribution in [1.29, 1.82) is 0 Å². The number of aryl methyl sites for hydroxylation is 1. The van der Waals surface area contributed by atoms with Gasteiger partial charge in [0.15, 0.2) is 17.8 Å². The van der Waals surface area contributed by atoms with E-state index in [9.17, 15) is 9.90 Å². The largest absolute Gasteiger partial charge is 0.504 e. The van der Waals surface area contributed by atoms with Gasteiger partial charge in [-0.15, -0.1) is 0 Å². The molecule has 13 heavy (non-hydrogen) atoms. The van der Waals surface area contributed by atoms with E-state index in [1.807, 2.05) is 6.92 Å². The maximum absolute atomic E-state index is 10.7. The van der Waals surface area contributed by atoms with Crippen molar-refractivity contribution in [2.24, 2.45) is 0 Å². The summed E-state index contributed by atoms with van der Waals surface area (Å²) in [5.74, 6) is 0.260. The zero-order chi connectivity index (χ0) is 9.84. The summed E-state index contributed by atoms with van der Waals surface area (Å²) in [6, 6.07) is 3.26. The minimum atomic E-state index is 0.00167. The predicted molar refractivity (Wildman–Crippen MR) is 49.4 cm³/mol. The smallest absolute Gasteiger partial charge is 0.171 e. The van der Waals surface area contributed by atoms with Gasteiger partial charge in [-0.2, -0.15) is 0 Å². The second kappa shape index (κ2) is 3.94. The number of carbonyl (C=O) groups excluding carboxylic acids is 1. The molecule has 0 aliphatic carbocycles. The van der Waals surface area contributed by atoms with Crippen molar-refractivity contribution in [3.63, 3.8) is 0 Å². The number of rotatable bonds is 3. The number of hydrogen-bond acceptors (Lipinski definition) is 3. The van der Waals surface area contributed by atoms with E-state index < -0.39 is 0 Å². The molecule has 0 amide bonds. The van der Waals surface area contributed by atoms with Crippen LogP contribution in [0.25, 0.3) is 0 Å². The van der Waals surface area contributed by atoms with Gasteiger partial charge in [-0.05, 0) is 18.1 Å². The van der Waals surface area contributed by atoms with Crippen LogP contribution in [0.4, 0.5) is 0 Å². The Morgan fingerprint density at radius 2 is 2.23 bits per heavy atom. The molecule has 0 fully saturated rings. The molecule has 0 aliphatic rings. The number of ether oxygens (including phenoxy) is 1. The van der Waals surface area contributed by atoms with Crippen molar-refractivity contribution in [3.8, 4) is 11.5 Å². The third kappa shape index (κ3) is 1.64. The molecule has 0 saturated heterocycles. The fraction of sp³-hybridized carbons (Fsp3) is 0.300. The van der Waals surface area contributed by atoms with Gasteiger partial charge < -0.3 is 9.84 Å². The van der Waals surface area contributed by atoms with Crippen LogP contribution in [-0.4, -0.2) is 18.5 Å². The highest BCUT2D eigenvalue weighted by atomic mass is 16.5. The van der Waals surface area contributed by atoms with E-state index in [1.54, 1.807) is 6.07 Å². The van der Waals surface area contributed by atoms with Crippen LogP contribution in [-0.2, 0) is 6.42 Å². The highest BCUT2D eigenvalue weighted by molar-refractivity contribution is 5.83. The van der Waals surface area contributed by atoms with Crippen molar-refractivity contribution >= 4 is 6.29 Å². The van der Waals surface area contributed by atoms with Crippen molar-refractivity contribution in [2.75, 3.05) is 7.11 Å². The van der Waals surface area contributed by atoms with Crippen LogP contribution >= 0.6 is 0 Å². The highest BCUT2D eigenvalue weighted by Crippen LogP contribution is 2.31. The number of aldehydes is 1. The van der Waals surface area contributed by atoms with Crippen LogP contribution in [0.3, 0.4) is 0 Å². The van der Waals surface area contributed by atoms with Crippen LogP contribution < -0.4 is 4.74 Å². The zero-order valence-electron chi connectivity index (χ0n) is 7.70. The molecule has 3 nitrogen and oxygen atoms in total. The lowest BCUT2D eigenvalue weighted by Gasteiger charge is -2.09. The maximum atomic E-state index is 10.7. The molecule has 70 valence electrons. The Bertz CT molecular complexity index is 318. The van der Waals surface area contributed by atoms with Crippen molar-refractivity contribution in [2.45, 2.75) is 13.3 Å². The Morgan fingerprint density at radius 3 is 2.69 bits per heavy atom. The first kappa shape index (κ1) is 9.58. The van der Waals surface area contributed by atoms with Crippen LogP contribution in [0.5, 0.6) is 11.5 Å². The van der Waals surface area contributed by atoms with E-state index in [0.29, 0.717) is 11.8 Å². The Morgan fingerprint density at radius 1 is 1.54 bits per heavy atom. The molecule has 0 bridgehead atoms. The number of phenolic OH excluding ortho intramolecular Hbond substituents is 1. The van der Waals surface area contributed by atoms with Gasteiger partial charge in [0.25, 0.3) is 0 Å². The second-order valence-corrected chi connectivity index (χ2v) is 2.66. The minimum absolute atomic E-state index is 0.00167. The van der Waals surface area contributed by atoms with Crippen molar-refractivity contribution in [3.05, 3.63) is 23.3 Å². The summed E-state index contributed by atoms with van der Waals surface area (Å²) in [6.07, 6.45) is 1.45. The summed E-state index contributed by atoms with van der Waals surface area (Å²) >= 11 is 0. The summed E-state index contributed by atoms with van der Waals surface area (Å²) in [4.78, 5) is 10.7. The van der Waals surface area contributed by atoms with Gasteiger partial charge in [-0.25, -0.2) is 0 Å². The summed E-state index contributed by atoms with van der Waals surface area (Å²) in [6.45, 7) is 1.94. The van der Waals surface area contributed by atoms with E-state index in [0.717, 1.165) is 12.0 Å². The number of hydrogen-bond donors (Lipinski definition) is 1. The third-order valence-electron chi connectivity index (χ3n) is 1.97. The van der Waals surface area contributed by atoms with Gasteiger partial charge in [-0.1, -0.05) is 13.0 Å². The normalized spacial score (nSPS) is 9.69. The molecule has 1 aromatic rings. The molecule has 0 heterocycles. The number of aromatic hydroxyl groups is 1. The van der Waals surface area contributed by atoms with Gasteiger partial charge >= 0.3 is 0 Å². The lowest BCUT2D eigenvalue weighted by atomic mass is 10.0. The molecule has 1 aromatic carbocycles. The van der Waals surface area contributed by atoms with E-state index >= 15 is 0 Å². The summed E-state index contributed by atoms with van der Waals surface area (Å²) in [7, 11) is 1.43. The first-order valence-corrected chi connectivity index (χ1v) is 4.08. The molecule has 3 heteroatoms. The molecule has 0 unspecified atom stereocenters. The van der Waals surface area contributed by atoms with E-state index in [1.165, 1.54) is 13.2 Å². The molecule has 0 radical (unpaired) electrons. The standard InChI is InChI=1S/C10H12O3/c1-3-7-4-5-9(12)10(13-2)8(7)6-11/h4-6,12H,3H2,1-2H3. The topological polar surface area (TPSA) is 46.5 Å². The first-order valence-electron chi connectivity index (χ1n) is 4.08.